The van der Waals surface area contributed by atoms with Crippen LogP contribution in [0.15, 0.2) is 9.31 Å². The van der Waals surface area contributed by atoms with Crippen molar-refractivity contribution in [1.29, 1.82) is 0 Å². The summed E-state index contributed by atoms with van der Waals surface area (Å²) in [5.74, 6) is 1.73. The number of aryl methyl sites for hydroxylation is 2. The van der Waals surface area contributed by atoms with Crippen LogP contribution in [0.5, 0.6) is 0 Å². The van der Waals surface area contributed by atoms with Crippen molar-refractivity contribution in [2.45, 2.75) is 58.0 Å². The molecule has 0 radical (unpaired) electrons. The Morgan fingerprint density at radius 3 is 2.52 bits per heavy atom. The first-order valence-corrected chi connectivity index (χ1v) is 9.04. The maximum Gasteiger partial charge on any atom is 0.244 e. The summed E-state index contributed by atoms with van der Waals surface area (Å²) in [5.41, 5.74) is 0.358. The van der Waals surface area contributed by atoms with E-state index in [1.807, 2.05) is 0 Å². The van der Waals surface area contributed by atoms with Crippen molar-refractivity contribution < 1.29 is 17.9 Å². The van der Waals surface area contributed by atoms with Crippen molar-refractivity contribution in [2.75, 3.05) is 6.54 Å². The first-order valence-electron chi connectivity index (χ1n) is 7.56. The molecule has 1 aromatic rings. The van der Waals surface area contributed by atoms with Crippen LogP contribution in [-0.2, 0) is 16.6 Å². The van der Waals surface area contributed by atoms with Gasteiger partial charge in [-0.15, -0.1) is 0 Å². The van der Waals surface area contributed by atoms with Crippen molar-refractivity contribution in [3.8, 4) is 0 Å². The van der Waals surface area contributed by atoms with Gasteiger partial charge in [0.2, 0.25) is 10.0 Å². The van der Waals surface area contributed by atoms with Crippen LogP contribution < -0.4 is 4.72 Å². The van der Waals surface area contributed by atoms with Crippen molar-refractivity contribution in [3.05, 3.63) is 17.1 Å². The van der Waals surface area contributed by atoms with Gasteiger partial charge < -0.3 is 9.52 Å². The van der Waals surface area contributed by atoms with Gasteiger partial charge in [-0.1, -0.05) is 26.2 Å². The molecule has 2 rings (SSSR count). The molecule has 0 amide bonds. The zero-order valence-corrected chi connectivity index (χ0v) is 13.8. The van der Waals surface area contributed by atoms with Crippen molar-refractivity contribution in [3.63, 3.8) is 0 Å². The summed E-state index contributed by atoms with van der Waals surface area (Å²) < 4.78 is 33.1. The van der Waals surface area contributed by atoms with Crippen LogP contribution in [0.4, 0.5) is 0 Å². The highest BCUT2D eigenvalue weighted by Crippen LogP contribution is 2.30. The second-order valence-corrected chi connectivity index (χ2v) is 7.76. The van der Waals surface area contributed by atoms with Crippen LogP contribution >= 0.6 is 0 Å². The lowest BCUT2D eigenvalue weighted by Gasteiger charge is -2.28. The zero-order valence-electron chi connectivity index (χ0n) is 13.0. The van der Waals surface area contributed by atoms with Crippen LogP contribution in [-0.4, -0.2) is 20.1 Å². The Kier molecular flexibility index (Phi) is 5.11. The molecule has 0 spiro atoms. The summed E-state index contributed by atoms with van der Waals surface area (Å²) in [6, 6.07) is 0. The number of nitrogens with one attached hydrogen (secondary N) is 1. The largest absolute Gasteiger partial charge is 0.465 e. The number of rotatable bonds is 5. The molecule has 6 heteroatoms. The monoisotopic (exact) mass is 315 g/mol. The molecule has 2 unspecified atom stereocenters. The number of hydrogen-bond donors (Lipinski definition) is 2. The molecule has 1 aromatic heterocycles. The van der Waals surface area contributed by atoms with Crippen LogP contribution in [0.1, 0.15) is 49.7 Å². The number of aliphatic hydroxyl groups is 1. The van der Waals surface area contributed by atoms with E-state index in [-0.39, 0.29) is 11.5 Å². The molecule has 1 aliphatic carbocycles. The molecular weight excluding hydrogens is 290 g/mol. The third-order valence-corrected chi connectivity index (χ3v) is 6.19. The molecule has 0 aliphatic heterocycles. The van der Waals surface area contributed by atoms with Crippen molar-refractivity contribution in [1.82, 2.24) is 4.72 Å². The van der Waals surface area contributed by atoms with Crippen LogP contribution in [0, 0.1) is 25.7 Å². The molecule has 120 valence electrons. The Balaban J connectivity index is 2.15. The predicted octanol–water partition coefficient (Wildman–Crippen LogP) is 2.49. The van der Waals surface area contributed by atoms with Crippen molar-refractivity contribution >= 4 is 10.0 Å². The molecule has 2 N–H and O–H groups in total. The second-order valence-electron chi connectivity index (χ2n) is 6.05. The lowest BCUT2D eigenvalue weighted by atomic mass is 9.81. The van der Waals surface area contributed by atoms with Gasteiger partial charge in [0, 0.05) is 12.1 Å². The first kappa shape index (κ1) is 16.5. The lowest BCUT2D eigenvalue weighted by molar-refractivity contribution is 0.257. The fourth-order valence-electron chi connectivity index (χ4n) is 3.23. The van der Waals surface area contributed by atoms with E-state index < -0.39 is 10.0 Å². The molecular formula is C15H25NO4S. The maximum absolute atomic E-state index is 12.5. The highest BCUT2D eigenvalue weighted by atomic mass is 32.2. The maximum atomic E-state index is 12.5. The van der Waals surface area contributed by atoms with Gasteiger partial charge in [-0.2, -0.15) is 0 Å². The average Bonchev–Trinajstić information content (AvgIpc) is 2.72. The molecule has 1 heterocycles. The number of furan rings is 1. The Hall–Kier alpha value is -0.850. The Morgan fingerprint density at radius 1 is 1.24 bits per heavy atom. The second kappa shape index (κ2) is 6.50. The Morgan fingerprint density at radius 2 is 1.90 bits per heavy atom. The SMILES string of the molecule is Cc1oc(C)c(S(=O)(=O)NCC2CCCCC2C)c1CO. The van der Waals surface area contributed by atoms with Gasteiger partial charge in [0.15, 0.2) is 0 Å². The average molecular weight is 315 g/mol. The molecule has 5 nitrogen and oxygen atoms in total. The smallest absolute Gasteiger partial charge is 0.244 e. The summed E-state index contributed by atoms with van der Waals surface area (Å²) in [7, 11) is -3.64. The van der Waals surface area contributed by atoms with E-state index >= 15 is 0 Å². The van der Waals surface area contributed by atoms with E-state index in [4.69, 9.17) is 4.42 Å². The van der Waals surface area contributed by atoms with E-state index in [2.05, 4.69) is 11.6 Å². The number of hydrogen-bond acceptors (Lipinski definition) is 4. The highest BCUT2D eigenvalue weighted by Gasteiger charge is 2.28. The topological polar surface area (TPSA) is 79.5 Å². The summed E-state index contributed by atoms with van der Waals surface area (Å²) in [6.45, 7) is 5.59. The zero-order chi connectivity index (χ0) is 15.6. The summed E-state index contributed by atoms with van der Waals surface area (Å²) in [5, 5.41) is 9.38. The van der Waals surface area contributed by atoms with Gasteiger partial charge in [-0.25, -0.2) is 13.1 Å². The van der Waals surface area contributed by atoms with Gasteiger partial charge in [-0.05, 0) is 32.1 Å². The third-order valence-electron chi connectivity index (χ3n) is 4.58. The summed E-state index contributed by atoms with van der Waals surface area (Å²) >= 11 is 0. The lowest BCUT2D eigenvalue weighted by Crippen LogP contribution is -2.34. The van der Waals surface area contributed by atoms with E-state index in [1.165, 1.54) is 12.8 Å². The predicted molar refractivity (Wildman–Crippen MR) is 80.4 cm³/mol. The Bertz CT molecular complexity index is 591. The van der Waals surface area contributed by atoms with E-state index in [0.29, 0.717) is 35.5 Å². The molecule has 1 fully saturated rings. The number of aliphatic hydroxyl groups excluding tert-OH is 1. The van der Waals surface area contributed by atoms with Gasteiger partial charge >= 0.3 is 0 Å². The molecule has 21 heavy (non-hydrogen) atoms. The molecule has 1 saturated carbocycles. The van der Waals surface area contributed by atoms with E-state index in [9.17, 15) is 13.5 Å². The quantitative estimate of drug-likeness (QED) is 0.875. The number of sulfonamides is 1. The van der Waals surface area contributed by atoms with Gasteiger partial charge in [0.1, 0.15) is 16.4 Å². The van der Waals surface area contributed by atoms with Gasteiger partial charge in [0.25, 0.3) is 0 Å². The fraction of sp³-hybridized carbons (Fsp3) is 0.733. The molecule has 1 aliphatic rings. The minimum Gasteiger partial charge on any atom is -0.465 e. The molecule has 2 atom stereocenters. The van der Waals surface area contributed by atoms with Crippen LogP contribution in [0.2, 0.25) is 0 Å². The fourth-order valence-corrected chi connectivity index (χ4v) is 4.76. The highest BCUT2D eigenvalue weighted by molar-refractivity contribution is 7.89. The van der Waals surface area contributed by atoms with Gasteiger partial charge in [0.05, 0.1) is 6.61 Å². The van der Waals surface area contributed by atoms with Crippen molar-refractivity contribution in [2.24, 2.45) is 11.8 Å². The standard InChI is InChI=1S/C15H25NO4S/c1-10-6-4-5-7-13(10)8-16-21(18,19)15-12(3)20-11(2)14(15)9-17/h10,13,16-17H,4-9H2,1-3H3. The Labute approximate surface area is 126 Å². The first-order chi connectivity index (χ1) is 9.86. The molecule has 0 bridgehead atoms. The third kappa shape index (κ3) is 3.49. The summed E-state index contributed by atoms with van der Waals surface area (Å²) in [6.07, 6.45) is 4.64. The normalized spacial score (nSPS) is 23.4. The molecule has 0 aromatic carbocycles. The van der Waals surface area contributed by atoms with E-state index in [1.54, 1.807) is 13.8 Å². The minimum atomic E-state index is -3.64. The summed E-state index contributed by atoms with van der Waals surface area (Å²) in [4.78, 5) is 0.103. The van der Waals surface area contributed by atoms with Gasteiger partial charge in [-0.3, -0.25) is 0 Å². The minimum absolute atomic E-state index is 0.103. The van der Waals surface area contributed by atoms with Crippen LogP contribution in [0.25, 0.3) is 0 Å². The van der Waals surface area contributed by atoms with Crippen LogP contribution in [0.3, 0.4) is 0 Å². The molecule has 0 saturated heterocycles. The van der Waals surface area contributed by atoms with E-state index in [0.717, 1.165) is 12.8 Å².